The zero-order valence-electron chi connectivity index (χ0n) is 14.0. The standard InChI is InChI=1S/C17H17BrClFN2O3S/c1-3-16(17(23)21-12-6-9-14(18)15(19)10-12)22(26(2,24)25)13-7-4-11(20)5-8-13/h4-10,16H,3H2,1-2H3,(H,21,23)/t16-/m0/s1. The third-order valence-electron chi connectivity index (χ3n) is 3.60. The van der Waals surface area contributed by atoms with E-state index in [-0.39, 0.29) is 12.1 Å². The predicted octanol–water partition coefficient (Wildman–Crippen LogP) is 4.42. The van der Waals surface area contributed by atoms with Crippen LogP contribution in [0.25, 0.3) is 0 Å². The van der Waals surface area contributed by atoms with E-state index in [9.17, 15) is 17.6 Å². The third kappa shape index (κ3) is 4.96. The second-order valence-corrected chi connectivity index (χ2v) is 8.70. The highest BCUT2D eigenvalue weighted by molar-refractivity contribution is 9.10. The number of carbonyl (C=O) groups is 1. The minimum atomic E-state index is -3.78. The summed E-state index contributed by atoms with van der Waals surface area (Å²) in [6.45, 7) is 1.69. The van der Waals surface area contributed by atoms with Crippen LogP contribution in [-0.4, -0.2) is 26.6 Å². The van der Waals surface area contributed by atoms with E-state index in [2.05, 4.69) is 21.2 Å². The largest absolute Gasteiger partial charge is 0.324 e. The van der Waals surface area contributed by atoms with Crippen molar-refractivity contribution >= 4 is 54.8 Å². The Morgan fingerprint density at radius 1 is 1.27 bits per heavy atom. The number of hydrogen-bond acceptors (Lipinski definition) is 3. The van der Waals surface area contributed by atoms with Gasteiger partial charge in [-0.05, 0) is 64.8 Å². The molecule has 1 atom stereocenters. The van der Waals surface area contributed by atoms with Crippen molar-refractivity contribution in [1.29, 1.82) is 0 Å². The lowest BCUT2D eigenvalue weighted by molar-refractivity contribution is -0.117. The Balaban J connectivity index is 2.36. The van der Waals surface area contributed by atoms with Gasteiger partial charge in [0, 0.05) is 10.2 Å². The Morgan fingerprint density at radius 2 is 1.88 bits per heavy atom. The number of sulfonamides is 1. The van der Waals surface area contributed by atoms with Gasteiger partial charge in [-0.25, -0.2) is 12.8 Å². The first kappa shape index (κ1) is 20.7. The molecule has 0 aliphatic rings. The molecule has 2 aromatic rings. The fourth-order valence-electron chi connectivity index (χ4n) is 2.45. The third-order valence-corrected chi connectivity index (χ3v) is 6.01. The topological polar surface area (TPSA) is 66.5 Å². The van der Waals surface area contributed by atoms with Crippen LogP contribution in [0.2, 0.25) is 5.02 Å². The molecular weight excluding hydrogens is 447 g/mol. The fraction of sp³-hybridized carbons (Fsp3) is 0.235. The molecular formula is C17H17BrClFN2O3S. The fourth-order valence-corrected chi connectivity index (χ4v) is 4.09. The maximum Gasteiger partial charge on any atom is 0.248 e. The second-order valence-electron chi connectivity index (χ2n) is 5.58. The first-order valence-electron chi connectivity index (χ1n) is 7.64. The minimum absolute atomic E-state index is 0.213. The molecule has 5 nitrogen and oxygen atoms in total. The van der Waals surface area contributed by atoms with Crippen molar-refractivity contribution in [3.8, 4) is 0 Å². The summed E-state index contributed by atoms with van der Waals surface area (Å²) in [4.78, 5) is 12.7. The summed E-state index contributed by atoms with van der Waals surface area (Å²) in [6, 6.07) is 8.80. The normalized spacial score (nSPS) is 12.5. The molecule has 0 aromatic heterocycles. The highest BCUT2D eigenvalue weighted by Gasteiger charge is 2.31. The van der Waals surface area contributed by atoms with Gasteiger partial charge in [0.25, 0.3) is 0 Å². The van der Waals surface area contributed by atoms with E-state index in [1.807, 2.05) is 0 Å². The highest BCUT2D eigenvalue weighted by Crippen LogP contribution is 2.27. The molecule has 0 fully saturated rings. The molecule has 0 aliphatic heterocycles. The van der Waals surface area contributed by atoms with E-state index >= 15 is 0 Å². The summed E-state index contributed by atoms with van der Waals surface area (Å²) < 4.78 is 39.4. The lowest BCUT2D eigenvalue weighted by Crippen LogP contribution is -2.47. The van der Waals surface area contributed by atoms with Crippen LogP contribution in [0.1, 0.15) is 13.3 Å². The molecule has 0 spiro atoms. The average Bonchev–Trinajstić information content (AvgIpc) is 2.56. The molecule has 0 bridgehead atoms. The zero-order chi connectivity index (χ0) is 19.5. The molecule has 140 valence electrons. The number of amides is 1. The van der Waals surface area contributed by atoms with Crippen molar-refractivity contribution in [3.05, 3.63) is 57.8 Å². The van der Waals surface area contributed by atoms with Gasteiger partial charge < -0.3 is 5.32 Å². The Kier molecular flexibility index (Phi) is 6.65. The molecule has 0 radical (unpaired) electrons. The maximum absolute atomic E-state index is 13.2. The van der Waals surface area contributed by atoms with Gasteiger partial charge in [-0.1, -0.05) is 18.5 Å². The van der Waals surface area contributed by atoms with E-state index in [1.54, 1.807) is 25.1 Å². The number of hydrogen-bond donors (Lipinski definition) is 1. The number of carbonyl (C=O) groups excluding carboxylic acids is 1. The number of benzene rings is 2. The summed E-state index contributed by atoms with van der Waals surface area (Å²) in [5.74, 6) is -1.01. The predicted molar refractivity (Wildman–Crippen MR) is 106 cm³/mol. The van der Waals surface area contributed by atoms with Gasteiger partial charge in [0.05, 0.1) is 17.0 Å². The van der Waals surface area contributed by atoms with Gasteiger partial charge in [0.2, 0.25) is 15.9 Å². The monoisotopic (exact) mass is 462 g/mol. The van der Waals surface area contributed by atoms with Crippen LogP contribution in [0.15, 0.2) is 46.9 Å². The van der Waals surface area contributed by atoms with Crippen molar-refractivity contribution in [2.24, 2.45) is 0 Å². The summed E-state index contributed by atoms with van der Waals surface area (Å²) in [5.41, 5.74) is 0.652. The molecule has 1 N–H and O–H groups in total. The SMILES string of the molecule is CC[C@@H](C(=O)Nc1ccc(Br)c(Cl)c1)N(c1ccc(F)cc1)S(C)(=O)=O. The van der Waals surface area contributed by atoms with E-state index in [0.29, 0.717) is 15.2 Å². The Bertz CT molecular complexity index is 907. The smallest absolute Gasteiger partial charge is 0.248 e. The highest BCUT2D eigenvalue weighted by atomic mass is 79.9. The molecule has 1 amide bonds. The van der Waals surface area contributed by atoms with Gasteiger partial charge in [0.15, 0.2) is 0 Å². The van der Waals surface area contributed by atoms with Crippen molar-refractivity contribution in [3.63, 3.8) is 0 Å². The molecule has 0 unspecified atom stereocenters. The van der Waals surface area contributed by atoms with Crippen molar-refractivity contribution < 1.29 is 17.6 Å². The number of nitrogens with one attached hydrogen (secondary N) is 1. The molecule has 26 heavy (non-hydrogen) atoms. The quantitative estimate of drug-likeness (QED) is 0.689. The summed E-state index contributed by atoms with van der Waals surface area (Å²) in [5, 5.41) is 3.08. The van der Waals surface area contributed by atoms with Crippen LogP contribution < -0.4 is 9.62 Å². The first-order chi connectivity index (χ1) is 12.1. The Labute approximate surface area is 165 Å². The van der Waals surface area contributed by atoms with Crippen molar-refractivity contribution in [1.82, 2.24) is 0 Å². The number of anilines is 2. The van der Waals surface area contributed by atoms with Crippen LogP contribution in [0.5, 0.6) is 0 Å². The van der Waals surface area contributed by atoms with Gasteiger partial charge in [-0.2, -0.15) is 0 Å². The van der Waals surface area contributed by atoms with E-state index in [0.717, 1.165) is 22.7 Å². The lowest BCUT2D eigenvalue weighted by atomic mass is 10.2. The van der Waals surface area contributed by atoms with Gasteiger partial charge >= 0.3 is 0 Å². The number of nitrogens with zero attached hydrogens (tertiary/aromatic N) is 1. The van der Waals surface area contributed by atoms with Crippen LogP contribution in [0.4, 0.5) is 15.8 Å². The lowest BCUT2D eigenvalue weighted by Gasteiger charge is -2.30. The Morgan fingerprint density at radius 3 is 2.38 bits per heavy atom. The minimum Gasteiger partial charge on any atom is -0.324 e. The molecule has 2 aromatic carbocycles. The van der Waals surface area contributed by atoms with Crippen molar-refractivity contribution in [2.75, 3.05) is 15.9 Å². The van der Waals surface area contributed by atoms with E-state index < -0.39 is 27.8 Å². The number of rotatable bonds is 6. The maximum atomic E-state index is 13.2. The van der Waals surface area contributed by atoms with Crippen LogP contribution in [-0.2, 0) is 14.8 Å². The molecule has 0 saturated carbocycles. The van der Waals surface area contributed by atoms with Gasteiger partial charge in [0.1, 0.15) is 11.9 Å². The van der Waals surface area contributed by atoms with Gasteiger partial charge in [-0.3, -0.25) is 9.10 Å². The summed E-state index contributed by atoms with van der Waals surface area (Å²) >= 11 is 9.28. The molecule has 0 aliphatic carbocycles. The van der Waals surface area contributed by atoms with Crippen LogP contribution in [0, 0.1) is 5.82 Å². The average molecular weight is 464 g/mol. The summed E-state index contributed by atoms with van der Waals surface area (Å²) in [7, 11) is -3.78. The molecule has 0 heterocycles. The van der Waals surface area contributed by atoms with E-state index in [1.165, 1.54) is 12.1 Å². The molecule has 9 heteroatoms. The first-order valence-corrected chi connectivity index (χ1v) is 10.7. The molecule has 2 rings (SSSR count). The molecule has 0 saturated heterocycles. The summed E-state index contributed by atoms with van der Waals surface area (Å²) in [6.07, 6.45) is 1.23. The van der Waals surface area contributed by atoms with Gasteiger partial charge in [-0.15, -0.1) is 0 Å². The van der Waals surface area contributed by atoms with E-state index in [4.69, 9.17) is 11.6 Å². The number of halogens is 3. The Hall–Kier alpha value is -1.64. The zero-order valence-corrected chi connectivity index (χ0v) is 17.2. The van der Waals surface area contributed by atoms with Crippen LogP contribution in [0.3, 0.4) is 0 Å². The second kappa shape index (κ2) is 8.37. The van der Waals surface area contributed by atoms with Crippen LogP contribution >= 0.6 is 27.5 Å². The van der Waals surface area contributed by atoms with Crippen molar-refractivity contribution in [2.45, 2.75) is 19.4 Å².